The summed E-state index contributed by atoms with van der Waals surface area (Å²) in [5, 5.41) is 3.02. The van der Waals surface area contributed by atoms with Crippen LogP contribution in [0.5, 0.6) is 0 Å². The SMILES string of the molecule is O=C(NC1CCN(C(=O)c2ccccc2F)CC1)c1occc1CSc1ccccc1. The number of carbonyl (C=O) groups excluding carboxylic acids is 2. The number of benzene rings is 2. The zero-order valence-electron chi connectivity index (χ0n) is 16.9. The number of likely N-dealkylation sites (tertiary alicyclic amines) is 1. The number of thioether (sulfide) groups is 1. The van der Waals surface area contributed by atoms with Crippen molar-refractivity contribution in [3.63, 3.8) is 0 Å². The average Bonchev–Trinajstić information content (AvgIpc) is 3.28. The van der Waals surface area contributed by atoms with E-state index in [1.54, 1.807) is 28.8 Å². The third-order valence-electron chi connectivity index (χ3n) is 5.31. The summed E-state index contributed by atoms with van der Waals surface area (Å²) in [4.78, 5) is 28.1. The van der Waals surface area contributed by atoms with Gasteiger partial charge in [-0.2, -0.15) is 0 Å². The van der Waals surface area contributed by atoms with Crippen LogP contribution in [-0.4, -0.2) is 35.8 Å². The topological polar surface area (TPSA) is 62.6 Å². The Hall–Kier alpha value is -3.06. The Balaban J connectivity index is 1.30. The summed E-state index contributed by atoms with van der Waals surface area (Å²) >= 11 is 1.64. The molecule has 2 heterocycles. The van der Waals surface area contributed by atoms with E-state index in [1.807, 2.05) is 36.4 Å². The van der Waals surface area contributed by atoms with E-state index in [4.69, 9.17) is 4.42 Å². The minimum atomic E-state index is -0.512. The van der Waals surface area contributed by atoms with Crippen LogP contribution in [0, 0.1) is 5.82 Å². The summed E-state index contributed by atoms with van der Waals surface area (Å²) in [6.45, 7) is 0.931. The van der Waals surface area contributed by atoms with Gasteiger partial charge < -0.3 is 14.6 Å². The first-order valence-electron chi connectivity index (χ1n) is 10.2. The normalized spacial score (nSPS) is 14.4. The molecule has 1 fully saturated rings. The standard InChI is InChI=1S/C24H23FN2O3S/c25-21-9-5-4-8-20(21)24(29)27-13-10-18(11-14-27)26-23(28)22-17(12-15-30-22)16-31-19-6-2-1-3-7-19/h1-9,12,15,18H,10-11,13-14,16H2,(H,26,28). The number of hydrogen-bond donors (Lipinski definition) is 1. The smallest absolute Gasteiger partial charge is 0.287 e. The second-order valence-electron chi connectivity index (χ2n) is 7.40. The fraction of sp³-hybridized carbons (Fsp3) is 0.250. The summed E-state index contributed by atoms with van der Waals surface area (Å²) in [5.74, 6) is -0.101. The fourth-order valence-electron chi connectivity index (χ4n) is 3.61. The molecule has 5 nitrogen and oxygen atoms in total. The molecule has 2 amide bonds. The van der Waals surface area contributed by atoms with Crippen LogP contribution in [-0.2, 0) is 5.75 Å². The van der Waals surface area contributed by atoms with Crippen molar-refractivity contribution in [1.29, 1.82) is 0 Å². The first-order valence-corrected chi connectivity index (χ1v) is 11.2. The molecule has 4 rings (SSSR count). The number of hydrogen-bond acceptors (Lipinski definition) is 4. The lowest BCUT2D eigenvalue weighted by molar-refractivity contribution is 0.0691. The molecule has 0 unspecified atom stereocenters. The largest absolute Gasteiger partial charge is 0.459 e. The van der Waals surface area contributed by atoms with E-state index in [9.17, 15) is 14.0 Å². The number of rotatable bonds is 6. The monoisotopic (exact) mass is 438 g/mol. The molecule has 0 atom stereocenters. The van der Waals surface area contributed by atoms with Crippen LogP contribution in [0.3, 0.4) is 0 Å². The van der Waals surface area contributed by atoms with E-state index in [2.05, 4.69) is 5.32 Å². The highest BCUT2D eigenvalue weighted by molar-refractivity contribution is 7.98. The van der Waals surface area contributed by atoms with E-state index in [0.717, 1.165) is 10.5 Å². The first kappa shape index (κ1) is 21.2. The van der Waals surface area contributed by atoms with E-state index in [0.29, 0.717) is 37.4 Å². The molecule has 1 aromatic heterocycles. The highest BCUT2D eigenvalue weighted by Gasteiger charge is 2.27. The lowest BCUT2D eigenvalue weighted by Gasteiger charge is -2.32. The maximum atomic E-state index is 13.9. The quantitative estimate of drug-likeness (QED) is 0.565. The Morgan fingerprint density at radius 2 is 1.74 bits per heavy atom. The van der Waals surface area contributed by atoms with Gasteiger partial charge in [-0.25, -0.2) is 4.39 Å². The van der Waals surface area contributed by atoms with Gasteiger partial charge in [-0.3, -0.25) is 9.59 Å². The van der Waals surface area contributed by atoms with Gasteiger partial charge >= 0.3 is 0 Å². The Kier molecular flexibility index (Phi) is 6.72. The summed E-state index contributed by atoms with van der Waals surface area (Å²) < 4.78 is 19.3. The third-order valence-corrected chi connectivity index (χ3v) is 6.37. The molecule has 160 valence electrons. The third kappa shape index (κ3) is 5.17. The van der Waals surface area contributed by atoms with Crippen LogP contribution < -0.4 is 5.32 Å². The van der Waals surface area contributed by atoms with Crippen LogP contribution in [0.25, 0.3) is 0 Å². The second kappa shape index (κ2) is 9.83. The molecule has 1 aliphatic rings. The average molecular weight is 439 g/mol. The Morgan fingerprint density at radius 1 is 1.03 bits per heavy atom. The van der Waals surface area contributed by atoms with Crippen molar-refractivity contribution in [2.75, 3.05) is 13.1 Å². The Morgan fingerprint density at radius 3 is 2.48 bits per heavy atom. The molecule has 0 aliphatic carbocycles. The van der Waals surface area contributed by atoms with Crippen LogP contribution in [0.15, 0.2) is 76.2 Å². The molecule has 0 bridgehead atoms. The van der Waals surface area contributed by atoms with Crippen LogP contribution in [0.1, 0.15) is 39.3 Å². The van der Waals surface area contributed by atoms with Crippen LogP contribution in [0.4, 0.5) is 4.39 Å². The van der Waals surface area contributed by atoms with E-state index in [1.165, 1.54) is 18.4 Å². The number of nitrogens with one attached hydrogen (secondary N) is 1. The molecule has 0 radical (unpaired) electrons. The maximum Gasteiger partial charge on any atom is 0.287 e. The predicted molar refractivity (Wildman–Crippen MR) is 118 cm³/mol. The summed E-state index contributed by atoms with van der Waals surface area (Å²) in [6.07, 6.45) is 2.76. The molecule has 0 spiro atoms. The van der Waals surface area contributed by atoms with E-state index in [-0.39, 0.29) is 23.4 Å². The number of furan rings is 1. The number of nitrogens with zero attached hydrogens (tertiary/aromatic N) is 1. The number of halogens is 1. The van der Waals surface area contributed by atoms with E-state index < -0.39 is 5.82 Å². The van der Waals surface area contributed by atoms with Crippen molar-refractivity contribution in [2.45, 2.75) is 29.5 Å². The zero-order valence-corrected chi connectivity index (χ0v) is 17.7. The molecule has 1 N–H and O–H groups in total. The Labute approximate surface area is 184 Å². The number of piperidine rings is 1. The van der Waals surface area contributed by atoms with E-state index >= 15 is 0 Å². The van der Waals surface area contributed by atoms with Gasteiger partial charge in [0.1, 0.15) is 5.82 Å². The minimum Gasteiger partial charge on any atom is -0.459 e. The summed E-state index contributed by atoms with van der Waals surface area (Å²) in [5.41, 5.74) is 0.930. The molecular formula is C24H23FN2O3S. The molecule has 7 heteroatoms. The molecule has 1 aliphatic heterocycles. The molecule has 0 saturated carbocycles. The van der Waals surface area contributed by atoms with Gasteiger partial charge in [0.2, 0.25) is 0 Å². The van der Waals surface area contributed by atoms with Crippen molar-refractivity contribution >= 4 is 23.6 Å². The summed E-state index contributed by atoms with van der Waals surface area (Å²) in [7, 11) is 0. The second-order valence-corrected chi connectivity index (χ2v) is 8.45. The molecule has 2 aromatic carbocycles. The predicted octanol–water partition coefficient (Wildman–Crippen LogP) is 4.75. The molecule has 3 aromatic rings. The van der Waals surface area contributed by atoms with Crippen molar-refractivity contribution in [2.24, 2.45) is 0 Å². The van der Waals surface area contributed by atoms with Gasteiger partial charge in [0.25, 0.3) is 11.8 Å². The fourth-order valence-corrected chi connectivity index (χ4v) is 4.51. The first-order chi connectivity index (χ1) is 15.1. The number of amides is 2. The maximum absolute atomic E-state index is 13.9. The minimum absolute atomic E-state index is 0.0584. The molecule has 31 heavy (non-hydrogen) atoms. The highest BCUT2D eigenvalue weighted by atomic mass is 32.2. The van der Waals surface area contributed by atoms with Crippen molar-refractivity contribution in [3.8, 4) is 0 Å². The molecule has 1 saturated heterocycles. The van der Waals surface area contributed by atoms with Crippen LogP contribution >= 0.6 is 11.8 Å². The van der Waals surface area contributed by atoms with Gasteiger partial charge in [-0.05, 0) is 43.2 Å². The van der Waals surface area contributed by atoms with Gasteiger partial charge in [-0.15, -0.1) is 11.8 Å². The highest BCUT2D eigenvalue weighted by Crippen LogP contribution is 2.25. The van der Waals surface area contributed by atoms with Crippen molar-refractivity contribution < 1.29 is 18.4 Å². The summed E-state index contributed by atoms with van der Waals surface area (Å²) in [6, 6.07) is 17.8. The van der Waals surface area contributed by atoms with Crippen molar-refractivity contribution in [3.05, 3.63) is 89.6 Å². The lowest BCUT2D eigenvalue weighted by Crippen LogP contribution is -2.46. The van der Waals surface area contributed by atoms with Gasteiger partial charge in [0, 0.05) is 35.3 Å². The van der Waals surface area contributed by atoms with Gasteiger partial charge in [-0.1, -0.05) is 30.3 Å². The van der Waals surface area contributed by atoms with Crippen molar-refractivity contribution in [1.82, 2.24) is 10.2 Å². The lowest BCUT2D eigenvalue weighted by atomic mass is 10.0. The zero-order chi connectivity index (χ0) is 21.6. The number of carbonyl (C=O) groups is 2. The Bertz CT molecular complexity index is 1050. The van der Waals surface area contributed by atoms with Crippen LogP contribution in [0.2, 0.25) is 0 Å². The van der Waals surface area contributed by atoms with Gasteiger partial charge in [0.15, 0.2) is 5.76 Å². The molecular weight excluding hydrogens is 415 g/mol. The van der Waals surface area contributed by atoms with Gasteiger partial charge in [0.05, 0.1) is 11.8 Å².